The number of halogens is 1. The monoisotopic (exact) mass is 283 g/mol. The van der Waals surface area contributed by atoms with E-state index in [1.165, 1.54) is 11.8 Å². The lowest BCUT2D eigenvalue weighted by Gasteiger charge is -2.07. The van der Waals surface area contributed by atoms with E-state index in [4.69, 9.17) is 11.6 Å². The summed E-state index contributed by atoms with van der Waals surface area (Å²) >= 11 is 7.38. The molecule has 2 heterocycles. The molecule has 0 saturated heterocycles. The summed E-state index contributed by atoms with van der Waals surface area (Å²) in [5.41, 5.74) is 0. The van der Waals surface area contributed by atoms with Gasteiger partial charge in [-0.2, -0.15) is 0 Å². The van der Waals surface area contributed by atoms with Crippen LogP contribution in [0.5, 0.6) is 0 Å². The van der Waals surface area contributed by atoms with E-state index >= 15 is 0 Å². The molecule has 0 aromatic carbocycles. The third-order valence-electron chi connectivity index (χ3n) is 2.43. The van der Waals surface area contributed by atoms with Gasteiger partial charge in [-0.3, -0.25) is 0 Å². The summed E-state index contributed by atoms with van der Waals surface area (Å²) in [6.45, 7) is 0.756. The van der Waals surface area contributed by atoms with Crippen molar-refractivity contribution in [3.05, 3.63) is 29.4 Å². The zero-order chi connectivity index (χ0) is 13.0. The largest absolute Gasteiger partial charge is 0.369 e. The van der Waals surface area contributed by atoms with Crippen LogP contribution in [0.3, 0.4) is 0 Å². The van der Waals surface area contributed by atoms with Crippen molar-refractivity contribution in [3.63, 3.8) is 0 Å². The van der Waals surface area contributed by atoms with Crippen LogP contribution in [0, 0.1) is 0 Å². The minimum atomic E-state index is 0.453. The van der Waals surface area contributed by atoms with Gasteiger partial charge in [0.15, 0.2) is 5.16 Å². The number of anilines is 1. The fourth-order valence-corrected chi connectivity index (χ4v) is 2.13. The number of nitrogens with one attached hydrogen (secondary N) is 1. The van der Waals surface area contributed by atoms with Crippen LogP contribution in [0.25, 0.3) is 0 Å². The van der Waals surface area contributed by atoms with Gasteiger partial charge < -0.3 is 9.88 Å². The number of hydrogen-bond donors (Lipinski definition) is 1. The first-order valence-corrected chi connectivity index (χ1v) is 7.08. The minimum Gasteiger partial charge on any atom is -0.369 e. The van der Waals surface area contributed by atoms with Crippen molar-refractivity contribution in [1.29, 1.82) is 0 Å². The SMILES string of the molecule is CSc1nc(Cl)cc(NCCc2nccn2C)n1. The fraction of sp³-hybridized carbons (Fsp3) is 0.364. The van der Waals surface area contributed by atoms with Crippen LogP contribution in [0.15, 0.2) is 23.6 Å². The normalized spacial score (nSPS) is 10.6. The molecule has 0 aliphatic carbocycles. The Morgan fingerprint density at radius 1 is 1.44 bits per heavy atom. The van der Waals surface area contributed by atoms with Gasteiger partial charge in [-0.05, 0) is 6.26 Å². The van der Waals surface area contributed by atoms with Gasteiger partial charge in [-0.15, -0.1) is 0 Å². The summed E-state index contributed by atoms with van der Waals surface area (Å²) in [5.74, 6) is 1.78. The van der Waals surface area contributed by atoms with Crippen LogP contribution < -0.4 is 5.32 Å². The van der Waals surface area contributed by atoms with E-state index in [9.17, 15) is 0 Å². The summed E-state index contributed by atoms with van der Waals surface area (Å²) in [5, 5.41) is 4.34. The number of aromatic nitrogens is 4. The van der Waals surface area contributed by atoms with Gasteiger partial charge in [0, 0.05) is 38.5 Å². The average Bonchev–Trinajstić information content (AvgIpc) is 2.74. The first-order chi connectivity index (χ1) is 8.69. The number of aryl methyl sites for hydroxylation is 1. The molecule has 0 aliphatic heterocycles. The number of rotatable bonds is 5. The van der Waals surface area contributed by atoms with Crippen LogP contribution in [-0.2, 0) is 13.5 Å². The van der Waals surface area contributed by atoms with E-state index in [2.05, 4.69) is 20.3 Å². The summed E-state index contributed by atoms with van der Waals surface area (Å²) in [6.07, 6.45) is 6.48. The van der Waals surface area contributed by atoms with E-state index in [-0.39, 0.29) is 0 Å². The van der Waals surface area contributed by atoms with Crippen molar-refractivity contribution in [2.45, 2.75) is 11.6 Å². The van der Waals surface area contributed by atoms with Gasteiger partial charge in [0.05, 0.1) is 0 Å². The fourth-order valence-electron chi connectivity index (χ4n) is 1.52. The van der Waals surface area contributed by atoms with Crippen LogP contribution in [0.1, 0.15) is 5.82 Å². The molecule has 7 heteroatoms. The third-order valence-corrected chi connectivity index (χ3v) is 3.17. The molecule has 96 valence electrons. The first kappa shape index (κ1) is 13.2. The summed E-state index contributed by atoms with van der Waals surface area (Å²) < 4.78 is 2.00. The van der Waals surface area contributed by atoms with Crippen molar-refractivity contribution in [2.24, 2.45) is 7.05 Å². The molecule has 2 rings (SSSR count). The standard InChI is InChI=1S/C11H14ClN5S/c1-17-6-5-14-10(17)3-4-13-9-7-8(12)15-11(16-9)18-2/h5-7H,3-4H2,1-2H3,(H,13,15,16). The Labute approximate surface area is 115 Å². The number of hydrogen-bond acceptors (Lipinski definition) is 5. The molecule has 2 aromatic heterocycles. The summed E-state index contributed by atoms with van der Waals surface area (Å²) in [7, 11) is 1.98. The van der Waals surface area contributed by atoms with Gasteiger partial charge in [0.2, 0.25) is 0 Å². The second-order valence-corrected chi connectivity index (χ2v) is 4.85. The average molecular weight is 284 g/mol. The third kappa shape index (κ3) is 3.36. The maximum atomic E-state index is 5.91. The maximum absolute atomic E-state index is 5.91. The summed E-state index contributed by atoms with van der Waals surface area (Å²) in [6, 6.07) is 1.72. The Morgan fingerprint density at radius 2 is 2.28 bits per heavy atom. The Kier molecular flexibility index (Phi) is 4.43. The lowest BCUT2D eigenvalue weighted by molar-refractivity contribution is 0.787. The van der Waals surface area contributed by atoms with Crippen LogP contribution in [-0.4, -0.2) is 32.3 Å². The quantitative estimate of drug-likeness (QED) is 0.518. The molecular formula is C11H14ClN5S. The van der Waals surface area contributed by atoms with Crippen LogP contribution in [0.4, 0.5) is 5.82 Å². The molecule has 0 atom stereocenters. The number of imidazole rings is 1. The first-order valence-electron chi connectivity index (χ1n) is 5.47. The smallest absolute Gasteiger partial charge is 0.190 e. The highest BCUT2D eigenvalue weighted by atomic mass is 35.5. The van der Waals surface area contributed by atoms with Crippen molar-refractivity contribution < 1.29 is 0 Å². The van der Waals surface area contributed by atoms with Crippen molar-refractivity contribution in [2.75, 3.05) is 18.1 Å². The number of thioether (sulfide) groups is 1. The molecule has 0 fully saturated rings. The highest BCUT2D eigenvalue weighted by molar-refractivity contribution is 7.98. The van der Waals surface area contributed by atoms with E-state index < -0.39 is 0 Å². The molecule has 0 radical (unpaired) electrons. The van der Waals surface area contributed by atoms with Crippen molar-refractivity contribution in [3.8, 4) is 0 Å². The topological polar surface area (TPSA) is 55.6 Å². The molecule has 0 bridgehead atoms. The van der Waals surface area contributed by atoms with Gasteiger partial charge in [-0.1, -0.05) is 23.4 Å². The van der Waals surface area contributed by atoms with E-state index in [1.54, 1.807) is 12.3 Å². The van der Waals surface area contributed by atoms with Crippen molar-refractivity contribution >= 4 is 29.2 Å². The molecule has 1 N–H and O–H groups in total. The van der Waals surface area contributed by atoms with Crippen LogP contribution >= 0.6 is 23.4 Å². The molecule has 18 heavy (non-hydrogen) atoms. The Balaban J connectivity index is 1.94. The molecule has 0 amide bonds. The Morgan fingerprint density at radius 3 is 2.94 bits per heavy atom. The highest BCUT2D eigenvalue weighted by Crippen LogP contribution is 2.17. The van der Waals surface area contributed by atoms with Gasteiger partial charge in [-0.25, -0.2) is 15.0 Å². The molecule has 0 spiro atoms. The minimum absolute atomic E-state index is 0.453. The van der Waals surface area contributed by atoms with Crippen molar-refractivity contribution in [1.82, 2.24) is 19.5 Å². The molecule has 0 aliphatic rings. The molecule has 0 unspecified atom stereocenters. The lowest BCUT2D eigenvalue weighted by atomic mass is 10.4. The zero-order valence-corrected chi connectivity index (χ0v) is 11.8. The van der Waals surface area contributed by atoms with E-state index in [0.717, 1.165) is 24.6 Å². The zero-order valence-electron chi connectivity index (χ0n) is 10.2. The number of nitrogens with zero attached hydrogens (tertiary/aromatic N) is 4. The van der Waals surface area contributed by atoms with E-state index in [0.29, 0.717) is 10.3 Å². The van der Waals surface area contributed by atoms with Crippen LogP contribution in [0.2, 0.25) is 5.15 Å². The highest BCUT2D eigenvalue weighted by Gasteiger charge is 2.03. The van der Waals surface area contributed by atoms with Gasteiger partial charge in [0.25, 0.3) is 0 Å². The second-order valence-electron chi connectivity index (χ2n) is 3.69. The molecule has 0 saturated carbocycles. The molecular weight excluding hydrogens is 270 g/mol. The Bertz CT molecular complexity index is 528. The molecule has 2 aromatic rings. The maximum Gasteiger partial charge on any atom is 0.190 e. The lowest BCUT2D eigenvalue weighted by Crippen LogP contribution is -2.10. The van der Waals surface area contributed by atoms with E-state index in [1.807, 2.05) is 24.1 Å². The summed E-state index contributed by atoms with van der Waals surface area (Å²) in [4.78, 5) is 12.7. The predicted octanol–water partition coefficient (Wildman–Crippen LogP) is 2.24. The van der Waals surface area contributed by atoms with Gasteiger partial charge >= 0.3 is 0 Å². The second kappa shape index (κ2) is 6.06. The van der Waals surface area contributed by atoms with Gasteiger partial charge in [0.1, 0.15) is 16.8 Å². The Hall–Kier alpha value is -1.27. The molecule has 5 nitrogen and oxygen atoms in total. The predicted molar refractivity (Wildman–Crippen MR) is 74.2 cm³/mol.